The summed E-state index contributed by atoms with van der Waals surface area (Å²) < 4.78 is 0. The molecule has 17 heavy (non-hydrogen) atoms. The van der Waals surface area contributed by atoms with Crippen molar-refractivity contribution in [1.82, 2.24) is 10.2 Å². The maximum Gasteiger partial charge on any atom is 0.329 e. The van der Waals surface area contributed by atoms with Crippen molar-refractivity contribution in [1.29, 1.82) is 0 Å². The molecule has 0 atom stereocenters. The number of carboxylic acids is 1. The smallest absolute Gasteiger partial charge is 0.329 e. The fourth-order valence-electron chi connectivity index (χ4n) is 1.36. The highest BCUT2D eigenvalue weighted by Gasteiger charge is 2.33. The highest BCUT2D eigenvalue weighted by atomic mass is 32.1. The topological polar surface area (TPSA) is 89.5 Å². The average Bonchev–Trinajstić information content (AvgIpc) is 2.83. The van der Waals surface area contributed by atoms with E-state index in [1.54, 1.807) is 12.1 Å². The van der Waals surface area contributed by atoms with Crippen molar-refractivity contribution in [2.24, 2.45) is 0 Å². The zero-order valence-electron chi connectivity index (χ0n) is 8.50. The predicted molar refractivity (Wildman–Crippen MR) is 57.5 cm³/mol. The van der Waals surface area contributed by atoms with Gasteiger partial charge in [0.2, 0.25) is 0 Å². The molecule has 1 aliphatic rings. The maximum absolute atomic E-state index is 11.7. The summed E-state index contributed by atoms with van der Waals surface area (Å²) in [6, 6.07) is 2.83. The van der Waals surface area contributed by atoms with Crippen LogP contribution in [0.2, 0.25) is 0 Å². The Kier molecular flexibility index (Phi) is 2.92. The number of carboxylic acid groups (broad SMARTS) is 1. The van der Waals surface area contributed by atoms with Gasteiger partial charge in [-0.1, -0.05) is 6.07 Å². The number of aliphatic carboxylic acids is 1. The van der Waals surface area contributed by atoms with Crippen LogP contribution in [0, 0.1) is 0 Å². The molecule has 6 nitrogen and oxygen atoms in total. The number of imide groups is 1. The Morgan fingerprint density at radius 3 is 2.88 bits per heavy atom. The molecule has 0 spiro atoms. The molecule has 0 aliphatic carbocycles. The molecule has 1 aromatic rings. The lowest BCUT2D eigenvalue weighted by Gasteiger charge is -2.11. The SMILES string of the molecule is O=C([O-])CN1C(=O)N/C(=C/c2cccs2)C1=O. The summed E-state index contributed by atoms with van der Waals surface area (Å²) in [6.07, 6.45) is 1.50. The summed E-state index contributed by atoms with van der Waals surface area (Å²) in [6.45, 7) is -0.744. The van der Waals surface area contributed by atoms with E-state index < -0.39 is 24.5 Å². The van der Waals surface area contributed by atoms with Crippen LogP contribution in [0.5, 0.6) is 0 Å². The third-order valence-corrected chi connectivity index (χ3v) is 2.90. The molecule has 0 radical (unpaired) electrons. The van der Waals surface area contributed by atoms with Gasteiger partial charge < -0.3 is 15.2 Å². The molecule has 7 heteroatoms. The summed E-state index contributed by atoms with van der Waals surface area (Å²) in [5.74, 6) is -2.14. The first-order valence-corrected chi connectivity index (χ1v) is 5.54. The Morgan fingerprint density at radius 1 is 1.53 bits per heavy atom. The van der Waals surface area contributed by atoms with Gasteiger partial charge in [0.25, 0.3) is 5.91 Å². The first kappa shape index (κ1) is 11.3. The number of carbonyl (C=O) groups is 3. The summed E-state index contributed by atoms with van der Waals surface area (Å²) in [5.41, 5.74) is 0.0682. The summed E-state index contributed by atoms with van der Waals surface area (Å²) in [7, 11) is 0. The number of nitrogens with one attached hydrogen (secondary N) is 1. The van der Waals surface area contributed by atoms with Gasteiger partial charge in [-0.25, -0.2) is 4.79 Å². The molecular formula is C10H7N2O4S-. The molecule has 1 aromatic heterocycles. The van der Waals surface area contributed by atoms with E-state index in [0.29, 0.717) is 4.90 Å². The fraction of sp³-hybridized carbons (Fsp3) is 0.100. The number of carbonyl (C=O) groups excluding carboxylic acids is 3. The molecule has 1 aliphatic heterocycles. The molecule has 88 valence electrons. The van der Waals surface area contributed by atoms with Crippen LogP contribution in [0.15, 0.2) is 23.2 Å². The maximum atomic E-state index is 11.7. The molecule has 0 bridgehead atoms. The Labute approximate surface area is 100 Å². The van der Waals surface area contributed by atoms with E-state index in [0.717, 1.165) is 4.88 Å². The zero-order valence-corrected chi connectivity index (χ0v) is 9.32. The first-order chi connectivity index (χ1) is 8.08. The molecule has 0 aromatic carbocycles. The molecule has 1 fully saturated rings. The van der Waals surface area contributed by atoms with Crippen molar-refractivity contribution in [2.75, 3.05) is 6.54 Å². The Balaban J connectivity index is 2.21. The van der Waals surface area contributed by atoms with Crippen molar-refractivity contribution in [3.8, 4) is 0 Å². The number of thiophene rings is 1. The van der Waals surface area contributed by atoms with E-state index in [2.05, 4.69) is 5.32 Å². The lowest BCUT2D eigenvalue weighted by molar-refractivity contribution is -0.305. The van der Waals surface area contributed by atoms with E-state index in [4.69, 9.17) is 0 Å². The summed E-state index contributed by atoms with van der Waals surface area (Å²) >= 11 is 1.40. The minimum Gasteiger partial charge on any atom is -0.548 e. The van der Waals surface area contributed by atoms with Gasteiger partial charge in [-0.05, 0) is 17.5 Å². The van der Waals surface area contributed by atoms with Crippen LogP contribution in [-0.2, 0) is 9.59 Å². The van der Waals surface area contributed by atoms with Crippen LogP contribution in [0.4, 0.5) is 4.79 Å². The van der Waals surface area contributed by atoms with E-state index >= 15 is 0 Å². The molecule has 1 N–H and O–H groups in total. The van der Waals surface area contributed by atoms with Crippen molar-refractivity contribution in [3.05, 3.63) is 28.1 Å². The quantitative estimate of drug-likeness (QED) is 0.573. The Morgan fingerprint density at radius 2 is 2.29 bits per heavy atom. The number of urea groups is 1. The van der Waals surface area contributed by atoms with Crippen LogP contribution in [0.1, 0.15) is 4.88 Å². The van der Waals surface area contributed by atoms with Crippen LogP contribution < -0.4 is 10.4 Å². The van der Waals surface area contributed by atoms with Crippen molar-refractivity contribution < 1.29 is 19.5 Å². The fourth-order valence-corrected chi connectivity index (χ4v) is 2.02. The number of hydrogen-bond acceptors (Lipinski definition) is 5. The molecule has 0 saturated carbocycles. The van der Waals surface area contributed by atoms with Crippen LogP contribution in [0.3, 0.4) is 0 Å². The van der Waals surface area contributed by atoms with E-state index in [9.17, 15) is 19.5 Å². The van der Waals surface area contributed by atoms with Gasteiger partial charge in [0.05, 0.1) is 12.5 Å². The molecular weight excluding hydrogens is 244 g/mol. The second-order valence-electron chi connectivity index (χ2n) is 3.27. The highest BCUT2D eigenvalue weighted by Crippen LogP contribution is 2.16. The van der Waals surface area contributed by atoms with Crippen molar-refractivity contribution in [2.45, 2.75) is 0 Å². The zero-order chi connectivity index (χ0) is 12.4. The van der Waals surface area contributed by atoms with Crippen LogP contribution in [0.25, 0.3) is 6.08 Å². The number of rotatable bonds is 3. The van der Waals surface area contributed by atoms with Crippen LogP contribution >= 0.6 is 11.3 Å². The van der Waals surface area contributed by atoms with Crippen LogP contribution in [-0.4, -0.2) is 29.4 Å². The molecule has 3 amide bonds. The minimum atomic E-state index is -1.48. The minimum absolute atomic E-state index is 0.0682. The highest BCUT2D eigenvalue weighted by molar-refractivity contribution is 7.10. The van der Waals surface area contributed by atoms with Crippen molar-refractivity contribution in [3.63, 3.8) is 0 Å². The number of nitrogens with zero attached hydrogens (tertiary/aromatic N) is 1. The number of hydrogen-bond donors (Lipinski definition) is 1. The summed E-state index contributed by atoms with van der Waals surface area (Å²) in [4.78, 5) is 34.7. The third-order valence-electron chi connectivity index (χ3n) is 2.08. The second-order valence-corrected chi connectivity index (χ2v) is 4.25. The van der Waals surface area contributed by atoms with Gasteiger partial charge in [-0.15, -0.1) is 11.3 Å². The normalized spacial score (nSPS) is 17.6. The summed E-state index contributed by atoms with van der Waals surface area (Å²) in [5, 5.41) is 14.5. The van der Waals surface area contributed by atoms with Gasteiger partial charge >= 0.3 is 6.03 Å². The molecule has 2 heterocycles. The van der Waals surface area contributed by atoms with E-state index in [1.807, 2.05) is 5.38 Å². The lowest BCUT2D eigenvalue weighted by Crippen LogP contribution is -2.41. The first-order valence-electron chi connectivity index (χ1n) is 4.66. The van der Waals surface area contributed by atoms with Gasteiger partial charge in [-0.3, -0.25) is 9.69 Å². The molecule has 0 unspecified atom stereocenters. The average molecular weight is 251 g/mol. The largest absolute Gasteiger partial charge is 0.548 e. The number of amides is 3. The standard InChI is InChI=1S/C10H8N2O4S/c13-8(14)5-12-9(15)7(11-10(12)16)4-6-2-1-3-17-6/h1-4H,5H2,(H,11,16)(H,13,14)/p-1/b7-4+. The van der Waals surface area contributed by atoms with Gasteiger partial charge in [0, 0.05) is 4.88 Å². The molecule has 2 rings (SSSR count). The predicted octanol–water partition coefficient (Wildman–Crippen LogP) is -0.609. The van der Waals surface area contributed by atoms with Gasteiger partial charge in [-0.2, -0.15) is 0 Å². The Hall–Kier alpha value is -2.15. The third kappa shape index (κ3) is 2.34. The second kappa shape index (κ2) is 4.38. The van der Waals surface area contributed by atoms with Gasteiger partial charge in [0.15, 0.2) is 0 Å². The van der Waals surface area contributed by atoms with Crippen molar-refractivity contribution >= 4 is 35.3 Å². The van der Waals surface area contributed by atoms with Gasteiger partial charge in [0.1, 0.15) is 5.70 Å². The van der Waals surface area contributed by atoms with E-state index in [-0.39, 0.29) is 5.70 Å². The lowest BCUT2D eigenvalue weighted by atomic mass is 10.3. The van der Waals surface area contributed by atoms with E-state index in [1.165, 1.54) is 17.4 Å². The monoisotopic (exact) mass is 251 g/mol. The Bertz CT molecular complexity index is 506. The molecule has 1 saturated heterocycles.